The number of fused-ring (bicyclic) bond motifs is 1. The first-order chi connectivity index (χ1) is 14.1. The van der Waals surface area contributed by atoms with E-state index in [4.69, 9.17) is 4.74 Å². The van der Waals surface area contributed by atoms with E-state index in [9.17, 15) is 4.79 Å². The van der Waals surface area contributed by atoms with Crippen molar-refractivity contribution in [2.24, 2.45) is 17.8 Å². The van der Waals surface area contributed by atoms with Crippen LogP contribution in [0.2, 0.25) is 0 Å². The number of rotatable bonds is 4. The number of likely N-dealkylation sites (tertiary alicyclic amines) is 2. The highest BCUT2D eigenvalue weighted by Crippen LogP contribution is 2.44. The molecule has 3 aliphatic rings. The normalized spacial score (nSPS) is 33.2. The molecular weight excluding hydrogens is 360 g/mol. The van der Waals surface area contributed by atoms with Gasteiger partial charge < -0.3 is 14.5 Å². The minimum atomic E-state index is -0.111. The van der Waals surface area contributed by atoms with Crippen molar-refractivity contribution in [1.82, 2.24) is 9.80 Å². The summed E-state index contributed by atoms with van der Waals surface area (Å²) < 4.78 is 5.71. The van der Waals surface area contributed by atoms with Crippen LogP contribution in [0, 0.1) is 17.8 Å². The molecule has 160 valence electrons. The van der Waals surface area contributed by atoms with Gasteiger partial charge in [-0.15, -0.1) is 0 Å². The molecule has 29 heavy (non-hydrogen) atoms. The molecule has 1 amide bonds. The fourth-order valence-electron chi connectivity index (χ4n) is 6.27. The summed E-state index contributed by atoms with van der Waals surface area (Å²) in [6.45, 7) is 4.91. The molecule has 5 atom stereocenters. The number of ether oxygens (including phenoxy) is 1. The van der Waals surface area contributed by atoms with E-state index in [2.05, 4.69) is 23.8 Å². The Hall–Kier alpha value is -1.55. The Kier molecular flexibility index (Phi) is 6.79. The number of nitrogens with zero attached hydrogens (tertiary/aromatic N) is 2. The van der Waals surface area contributed by atoms with Crippen LogP contribution in [-0.4, -0.2) is 48.1 Å². The summed E-state index contributed by atoms with van der Waals surface area (Å²) in [7, 11) is 2.32. The molecule has 0 bridgehead atoms. The molecule has 2 heterocycles. The van der Waals surface area contributed by atoms with Crippen molar-refractivity contribution >= 4 is 6.09 Å². The number of piperidine rings is 2. The van der Waals surface area contributed by atoms with Gasteiger partial charge in [0.2, 0.25) is 0 Å². The lowest BCUT2D eigenvalue weighted by Crippen LogP contribution is -2.51. The Morgan fingerprint density at radius 2 is 1.90 bits per heavy atom. The Morgan fingerprint density at radius 1 is 1.07 bits per heavy atom. The predicted molar refractivity (Wildman–Crippen MR) is 117 cm³/mol. The highest BCUT2D eigenvalue weighted by atomic mass is 16.6. The van der Waals surface area contributed by atoms with E-state index >= 15 is 0 Å². The molecule has 4 heteroatoms. The van der Waals surface area contributed by atoms with E-state index < -0.39 is 0 Å². The first-order valence-corrected chi connectivity index (χ1v) is 11.8. The fraction of sp³-hybridized carbons (Fsp3) is 0.720. The monoisotopic (exact) mass is 398 g/mol. The second kappa shape index (κ2) is 9.51. The third-order valence-electron chi connectivity index (χ3n) is 7.70. The van der Waals surface area contributed by atoms with Crippen LogP contribution in [0.25, 0.3) is 0 Å². The second-order valence-electron chi connectivity index (χ2n) is 9.81. The van der Waals surface area contributed by atoms with Gasteiger partial charge in [0.05, 0.1) is 0 Å². The lowest BCUT2D eigenvalue weighted by atomic mass is 9.65. The van der Waals surface area contributed by atoms with Gasteiger partial charge in [-0.2, -0.15) is 0 Å². The molecule has 0 unspecified atom stereocenters. The maximum Gasteiger partial charge on any atom is 0.410 e. The Balaban J connectivity index is 1.39. The summed E-state index contributed by atoms with van der Waals surface area (Å²) in [5.74, 6) is 2.36. The topological polar surface area (TPSA) is 32.8 Å². The highest BCUT2D eigenvalue weighted by Gasteiger charge is 2.42. The number of hydrogen-bond donors (Lipinski definition) is 0. The van der Waals surface area contributed by atoms with Crippen molar-refractivity contribution < 1.29 is 9.53 Å². The minimum Gasteiger partial charge on any atom is -0.445 e. The van der Waals surface area contributed by atoms with E-state index in [1.165, 1.54) is 45.1 Å². The molecule has 1 aliphatic carbocycles. The molecular formula is C25H38N2O2. The van der Waals surface area contributed by atoms with Crippen LogP contribution in [0.1, 0.15) is 63.9 Å². The number of benzene rings is 1. The molecule has 4 nitrogen and oxygen atoms in total. The second-order valence-corrected chi connectivity index (χ2v) is 9.81. The van der Waals surface area contributed by atoms with E-state index in [0.29, 0.717) is 12.6 Å². The fourth-order valence-corrected chi connectivity index (χ4v) is 6.27. The minimum absolute atomic E-state index is 0.111. The average Bonchev–Trinajstić information content (AvgIpc) is 2.74. The van der Waals surface area contributed by atoms with Crippen LogP contribution in [0.3, 0.4) is 0 Å². The summed E-state index contributed by atoms with van der Waals surface area (Å²) in [4.78, 5) is 17.6. The van der Waals surface area contributed by atoms with Crippen LogP contribution in [0.4, 0.5) is 4.79 Å². The average molecular weight is 399 g/mol. The zero-order chi connectivity index (χ0) is 20.2. The third-order valence-corrected chi connectivity index (χ3v) is 7.70. The van der Waals surface area contributed by atoms with Crippen LogP contribution < -0.4 is 0 Å². The van der Waals surface area contributed by atoms with Crippen molar-refractivity contribution in [2.75, 3.05) is 20.1 Å². The van der Waals surface area contributed by atoms with Crippen LogP contribution in [-0.2, 0) is 11.3 Å². The van der Waals surface area contributed by atoms with Gasteiger partial charge >= 0.3 is 6.09 Å². The van der Waals surface area contributed by atoms with Gasteiger partial charge in [0.15, 0.2) is 0 Å². The van der Waals surface area contributed by atoms with Gasteiger partial charge in [-0.25, -0.2) is 4.79 Å². The first kappa shape index (κ1) is 20.7. The molecule has 4 rings (SSSR count). The van der Waals surface area contributed by atoms with Crippen LogP contribution in [0.15, 0.2) is 30.3 Å². The van der Waals surface area contributed by atoms with E-state index in [1.807, 2.05) is 30.3 Å². The van der Waals surface area contributed by atoms with Gasteiger partial charge in [0.25, 0.3) is 0 Å². The lowest BCUT2D eigenvalue weighted by molar-refractivity contribution is 0.00158. The van der Waals surface area contributed by atoms with Crippen molar-refractivity contribution in [2.45, 2.75) is 77.0 Å². The van der Waals surface area contributed by atoms with Gasteiger partial charge in [-0.3, -0.25) is 0 Å². The Morgan fingerprint density at radius 3 is 2.72 bits per heavy atom. The Labute approximate surface area is 176 Å². The molecule has 3 fully saturated rings. The van der Waals surface area contributed by atoms with E-state index in [-0.39, 0.29) is 6.09 Å². The van der Waals surface area contributed by atoms with Crippen molar-refractivity contribution in [3.63, 3.8) is 0 Å². The predicted octanol–water partition coefficient (Wildman–Crippen LogP) is 5.32. The molecule has 0 radical (unpaired) electrons. The number of carbonyl (C=O) groups is 1. The van der Waals surface area contributed by atoms with Crippen molar-refractivity contribution in [3.8, 4) is 0 Å². The van der Waals surface area contributed by atoms with E-state index in [1.54, 1.807) is 0 Å². The zero-order valence-corrected chi connectivity index (χ0v) is 18.3. The quantitative estimate of drug-likeness (QED) is 0.688. The Bertz CT molecular complexity index is 664. The summed E-state index contributed by atoms with van der Waals surface area (Å²) in [5, 5.41) is 0. The van der Waals surface area contributed by atoms with Gasteiger partial charge in [-0.1, -0.05) is 37.3 Å². The van der Waals surface area contributed by atoms with Crippen LogP contribution in [0.5, 0.6) is 0 Å². The summed E-state index contributed by atoms with van der Waals surface area (Å²) in [5.41, 5.74) is 1.06. The molecule has 1 aromatic carbocycles. The summed E-state index contributed by atoms with van der Waals surface area (Å²) in [6, 6.07) is 11.1. The number of hydrogen-bond acceptors (Lipinski definition) is 3. The maximum absolute atomic E-state index is 12.9. The van der Waals surface area contributed by atoms with Crippen LogP contribution >= 0.6 is 0 Å². The summed E-state index contributed by atoms with van der Waals surface area (Å²) >= 11 is 0. The van der Waals surface area contributed by atoms with Crippen molar-refractivity contribution in [3.05, 3.63) is 35.9 Å². The molecule has 0 aromatic heterocycles. The number of amides is 1. The summed E-state index contributed by atoms with van der Waals surface area (Å²) in [6.07, 6.45) is 9.92. The molecule has 0 N–H and O–H groups in total. The van der Waals surface area contributed by atoms with Gasteiger partial charge in [0, 0.05) is 18.6 Å². The lowest BCUT2D eigenvalue weighted by Gasteiger charge is -2.50. The molecule has 1 saturated carbocycles. The largest absolute Gasteiger partial charge is 0.445 e. The molecule has 2 saturated heterocycles. The number of carbonyl (C=O) groups excluding carboxylic acids is 1. The molecule has 0 spiro atoms. The van der Waals surface area contributed by atoms with Crippen molar-refractivity contribution in [1.29, 1.82) is 0 Å². The maximum atomic E-state index is 12.9. The SMILES string of the molecule is C[C@@H]1C[C@@H](C[C@@H]2CCCCN2C(=O)OCc2ccccc2)[C@H]2CCCN(C)[C@@H]2C1. The zero-order valence-electron chi connectivity index (χ0n) is 18.3. The molecule has 1 aromatic rings. The third kappa shape index (κ3) is 4.96. The van der Waals surface area contributed by atoms with Gasteiger partial charge in [0.1, 0.15) is 6.61 Å². The highest BCUT2D eigenvalue weighted by molar-refractivity contribution is 5.68. The smallest absolute Gasteiger partial charge is 0.410 e. The van der Waals surface area contributed by atoms with Gasteiger partial charge in [-0.05, 0) is 88.3 Å². The first-order valence-electron chi connectivity index (χ1n) is 11.8. The molecule has 2 aliphatic heterocycles. The van der Waals surface area contributed by atoms with E-state index in [0.717, 1.165) is 48.7 Å². The standard InChI is InChI=1S/C25H38N2O2/c1-19-15-21(23-12-8-13-26(2)24(23)16-19)17-22-11-6-7-14-27(22)25(28)29-18-20-9-4-3-5-10-20/h3-5,9-10,19,21-24H,6-8,11-18H2,1-2H3/t19-,21+,22+,23-,24-/m1/s1.